The Morgan fingerprint density at radius 2 is 1.93 bits per heavy atom. The number of aromatic nitrogens is 1. The minimum Gasteiger partial charge on any atom is -0.398 e. The third kappa shape index (κ3) is 2.25. The molecule has 0 aromatic carbocycles. The van der Waals surface area contributed by atoms with Crippen molar-refractivity contribution in [1.82, 2.24) is 5.16 Å². The van der Waals surface area contributed by atoms with Gasteiger partial charge in [-0.25, -0.2) is 0 Å². The first kappa shape index (κ1) is 12.0. The number of carbonyl (C=O) groups is 1. The molecule has 0 radical (unpaired) electrons. The number of nitrogen functional groups attached to an aromatic ring is 1. The average molecular weight is 198 g/mol. The molecule has 0 saturated heterocycles. The Morgan fingerprint density at radius 3 is 2.21 bits per heavy atom. The second-order valence-electron chi connectivity index (χ2n) is 2.16. The second kappa shape index (κ2) is 4.90. The fourth-order valence-electron chi connectivity index (χ4n) is 0.781. The van der Waals surface area contributed by atoms with Crippen LogP contribution in [0.3, 0.4) is 0 Å². The lowest BCUT2D eigenvalue weighted by Crippen LogP contribution is -2.14. The highest BCUT2D eigenvalue weighted by molar-refractivity contribution is 5.97. The summed E-state index contributed by atoms with van der Waals surface area (Å²) in [6.45, 7) is 7.39. The highest BCUT2D eigenvalue weighted by atomic mass is 16.5. The summed E-state index contributed by atoms with van der Waals surface area (Å²) in [5.41, 5.74) is 15.7. The lowest BCUT2D eigenvalue weighted by molar-refractivity contribution is 0.0991. The Morgan fingerprint density at radius 1 is 1.43 bits per heavy atom. The molecule has 14 heavy (non-hydrogen) atoms. The molecule has 1 aromatic heterocycles. The third-order valence-electron chi connectivity index (χ3n) is 1.27. The maximum atomic E-state index is 10.7. The molecule has 0 aliphatic heterocycles. The van der Waals surface area contributed by atoms with Gasteiger partial charge in [0.2, 0.25) is 5.88 Å². The van der Waals surface area contributed by atoms with Gasteiger partial charge < -0.3 is 21.7 Å². The minimum absolute atomic E-state index is 0.0590. The van der Waals surface area contributed by atoms with E-state index >= 15 is 0 Å². The molecular formula is C8H14N4O2. The summed E-state index contributed by atoms with van der Waals surface area (Å²) in [4.78, 5) is 10.7. The Balaban J connectivity index is 0.000000791. The fourth-order valence-corrected chi connectivity index (χ4v) is 0.781. The Labute approximate surface area is 81.7 Å². The summed E-state index contributed by atoms with van der Waals surface area (Å²) in [7, 11) is 0. The van der Waals surface area contributed by atoms with Crippen molar-refractivity contribution in [2.75, 3.05) is 5.73 Å². The quantitative estimate of drug-likeness (QED) is 0.631. The van der Waals surface area contributed by atoms with Crippen LogP contribution < -0.4 is 17.2 Å². The zero-order valence-corrected chi connectivity index (χ0v) is 8.20. The number of carbonyl (C=O) groups excluding carboxylic acids is 1. The van der Waals surface area contributed by atoms with E-state index in [0.717, 1.165) is 0 Å². The van der Waals surface area contributed by atoms with Gasteiger partial charge in [0.25, 0.3) is 5.91 Å². The average Bonchev–Trinajstić information content (AvgIpc) is 2.50. The Kier molecular flexibility index (Phi) is 4.21. The van der Waals surface area contributed by atoms with Gasteiger partial charge in [0.05, 0.1) is 5.56 Å². The molecule has 0 saturated carbocycles. The maximum Gasteiger partial charge on any atom is 0.271 e. The van der Waals surface area contributed by atoms with Crippen molar-refractivity contribution < 1.29 is 9.32 Å². The van der Waals surface area contributed by atoms with E-state index in [9.17, 15) is 4.79 Å². The van der Waals surface area contributed by atoms with Gasteiger partial charge in [-0.2, -0.15) is 0 Å². The number of primary amides is 1. The normalized spacial score (nSPS) is 8.71. The highest BCUT2D eigenvalue weighted by Crippen LogP contribution is 2.20. The van der Waals surface area contributed by atoms with E-state index in [1.165, 1.54) is 0 Å². The molecule has 78 valence electrons. The standard InChI is InChI=1S/C6H8N4O2.C2H6/c1-2(7)3-4(5(8)11)10-12-6(3)9;1-2/h1,7,9H2,(H2,8,11);1-2H3. The van der Waals surface area contributed by atoms with Crippen LogP contribution in [-0.4, -0.2) is 11.1 Å². The van der Waals surface area contributed by atoms with Gasteiger partial charge in [0.1, 0.15) is 0 Å². The summed E-state index contributed by atoms with van der Waals surface area (Å²) < 4.78 is 4.50. The molecule has 0 aliphatic carbocycles. The van der Waals surface area contributed by atoms with E-state index in [2.05, 4.69) is 16.3 Å². The molecule has 0 unspecified atom stereocenters. The van der Waals surface area contributed by atoms with Crippen molar-refractivity contribution in [3.8, 4) is 0 Å². The summed E-state index contributed by atoms with van der Waals surface area (Å²) in [6.07, 6.45) is 0. The molecule has 6 heteroatoms. The molecule has 1 aromatic rings. The molecule has 0 fully saturated rings. The molecule has 1 heterocycles. The maximum absolute atomic E-state index is 10.7. The van der Waals surface area contributed by atoms with Crippen LogP contribution in [0, 0.1) is 0 Å². The van der Waals surface area contributed by atoms with Crippen LogP contribution in [0.4, 0.5) is 5.88 Å². The van der Waals surface area contributed by atoms with E-state index in [1.54, 1.807) is 0 Å². The number of anilines is 1. The number of rotatable bonds is 2. The Bertz CT molecular complexity index is 343. The van der Waals surface area contributed by atoms with Gasteiger partial charge >= 0.3 is 0 Å². The molecule has 0 bridgehead atoms. The number of hydrogen-bond donors (Lipinski definition) is 3. The van der Waals surface area contributed by atoms with Crippen molar-refractivity contribution in [3.63, 3.8) is 0 Å². The molecule has 0 spiro atoms. The third-order valence-corrected chi connectivity index (χ3v) is 1.27. The number of hydrogen-bond acceptors (Lipinski definition) is 5. The first-order chi connectivity index (χ1) is 6.54. The summed E-state index contributed by atoms with van der Waals surface area (Å²) in [5, 5.41) is 3.32. The van der Waals surface area contributed by atoms with Crippen LogP contribution in [0.2, 0.25) is 0 Å². The summed E-state index contributed by atoms with van der Waals surface area (Å²) >= 11 is 0. The molecule has 6 nitrogen and oxygen atoms in total. The highest BCUT2D eigenvalue weighted by Gasteiger charge is 2.18. The predicted molar refractivity (Wildman–Crippen MR) is 54.0 cm³/mol. The molecular weight excluding hydrogens is 184 g/mol. The lowest BCUT2D eigenvalue weighted by atomic mass is 10.2. The summed E-state index contributed by atoms with van der Waals surface area (Å²) in [5.74, 6) is -0.812. The van der Waals surface area contributed by atoms with Gasteiger partial charge in [-0.1, -0.05) is 25.6 Å². The van der Waals surface area contributed by atoms with E-state index in [-0.39, 0.29) is 22.8 Å². The SMILES string of the molecule is C=C(N)c1c(C(N)=O)noc1N.CC. The topological polar surface area (TPSA) is 121 Å². The van der Waals surface area contributed by atoms with Gasteiger partial charge in [0.15, 0.2) is 5.69 Å². The van der Waals surface area contributed by atoms with Crippen LogP contribution in [0.1, 0.15) is 29.9 Å². The van der Waals surface area contributed by atoms with Crippen molar-refractivity contribution in [2.45, 2.75) is 13.8 Å². The zero-order chi connectivity index (χ0) is 11.3. The van der Waals surface area contributed by atoms with Gasteiger partial charge in [-0.15, -0.1) is 0 Å². The number of nitrogens with two attached hydrogens (primary N) is 3. The van der Waals surface area contributed by atoms with Crippen LogP contribution in [-0.2, 0) is 0 Å². The monoisotopic (exact) mass is 198 g/mol. The van der Waals surface area contributed by atoms with E-state index in [1.807, 2.05) is 13.8 Å². The molecule has 0 atom stereocenters. The van der Waals surface area contributed by atoms with Crippen LogP contribution >= 0.6 is 0 Å². The molecule has 6 N–H and O–H groups in total. The first-order valence-corrected chi connectivity index (χ1v) is 4.03. The van der Waals surface area contributed by atoms with E-state index in [0.29, 0.717) is 0 Å². The van der Waals surface area contributed by atoms with Crippen LogP contribution in [0.15, 0.2) is 11.1 Å². The number of amides is 1. The molecule has 1 rings (SSSR count). The second-order valence-corrected chi connectivity index (χ2v) is 2.16. The largest absolute Gasteiger partial charge is 0.398 e. The minimum atomic E-state index is -0.753. The van der Waals surface area contributed by atoms with Gasteiger partial charge in [-0.05, 0) is 0 Å². The number of nitrogens with zero attached hydrogens (tertiary/aromatic N) is 1. The predicted octanol–water partition coefficient (Wildman–Crippen LogP) is 0.311. The van der Waals surface area contributed by atoms with Crippen molar-refractivity contribution in [3.05, 3.63) is 17.8 Å². The van der Waals surface area contributed by atoms with Gasteiger partial charge in [0, 0.05) is 5.70 Å². The zero-order valence-electron chi connectivity index (χ0n) is 8.20. The Hall–Kier alpha value is -1.98. The molecule has 0 aliphatic rings. The molecule has 1 amide bonds. The van der Waals surface area contributed by atoms with Crippen molar-refractivity contribution in [1.29, 1.82) is 0 Å². The van der Waals surface area contributed by atoms with Crippen molar-refractivity contribution in [2.24, 2.45) is 11.5 Å². The van der Waals surface area contributed by atoms with Crippen LogP contribution in [0.25, 0.3) is 5.70 Å². The smallest absolute Gasteiger partial charge is 0.271 e. The van der Waals surface area contributed by atoms with E-state index in [4.69, 9.17) is 17.2 Å². The van der Waals surface area contributed by atoms with Gasteiger partial charge in [-0.3, -0.25) is 4.79 Å². The summed E-state index contributed by atoms with van der Waals surface area (Å²) in [6, 6.07) is 0. The van der Waals surface area contributed by atoms with Crippen LogP contribution in [0.5, 0.6) is 0 Å². The first-order valence-electron chi connectivity index (χ1n) is 4.03. The van der Waals surface area contributed by atoms with Crippen molar-refractivity contribution >= 4 is 17.5 Å². The lowest BCUT2D eigenvalue weighted by Gasteiger charge is -1.95. The van der Waals surface area contributed by atoms with E-state index < -0.39 is 5.91 Å². The fraction of sp³-hybridized carbons (Fsp3) is 0.250.